The zero-order valence-corrected chi connectivity index (χ0v) is 17.2. The van der Waals surface area contributed by atoms with Gasteiger partial charge in [0.05, 0.1) is 16.4 Å². The highest BCUT2D eigenvalue weighted by molar-refractivity contribution is 7.20. The van der Waals surface area contributed by atoms with Crippen LogP contribution in [0, 0.1) is 12.8 Å². The molecule has 3 heterocycles. The molecule has 3 aromatic heterocycles. The minimum Gasteiger partial charge on any atom is -0.351 e. The molecule has 2 atom stereocenters. The van der Waals surface area contributed by atoms with E-state index in [4.69, 9.17) is 0 Å². The van der Waals surface area contributed by atoms with Gasteiger partial charge in [-0.2, -0.15) is 5.10 Å². The monoisotopic (exact) mass is 398 g/mol. The first-order valence-corrected chi connectivity index (χ1v) is 10.7. The van der Waals surface area contributed by atoms with Crippen LogP contribution in [-0.2, 0) is 17.9 Å². The number of allylic oxidation sites excluding steroid dienone is 1. The summed E-state index contributed by atoms with van der Waals surface area (Å²) in [5, 5.41) is 8.25. The van der Waals surface area contributed by atoms with Crippen LogP contribution in [0.15, 0.2) is 29.7 Å². The number of amides is 1. The predicted molar refractivity (Wildman–Crippen MR) is 114 cm³/mol. The Morgan fingerprint density at radius 1 is 1.43 bits per heavy atom. The molecule has 28 heavy (non-hydrogen) atoms. The number of nitrogens with zero attached hydrogens (tertiary/aromatic N) is 3. The first kappa shape index (κ1) is 18.9. The summed E-state index contributed by atoms with van der Waals surface area (Å²) >= 11 is 1.66. The van der Waals surface area contributed by atoms with Gasteiger partial charge in [0.15, 0.2) is 0 Å². The molecule has 0 aliphatic heterocycles. The molecule has 6 nitrogen and oxygen atoms in total. The van der Waals surface area contributed by atoms with Crippen LogP contribution in [-0.4, -0.2) is 26.3 Å². The molecule has 0 spiro atoms. The van der Waals surface area contributed by atoms with Crippen molar-refractivity contribution in [3.05, 3.63) is 40.1 Å². The summed E-state index contributed by atoms with van der Waals surface area (Å²) < 4.78 is 4.32. The molecule has 4 rings (SSSR count). The number of aryl methyl sites for hydroxylation is 1. The summed E-state index contributed by atoms with van der Waals surface area (Å²) in [5.41, 5.74) is 1.39. The molecule has 0 saturated heterocycles. The molecule has 148 valence electrons. The number of carbonyl (C=O) groups is 1. The third-order valence-electron chi connectivity index (χ3n) is 5.72. The number of nitrogens with one attached hydrogen (secondary N) is 1. The molecule has 1 saturated carbocycles. The molecule has 1 aliphatic rings. The Hall–Kier alpha value is -2.41. The molecule has 0 radical (unpaired) electrons. The van der Waals surface area contributed by atoms with Crippen molar-refractivity contribution in [1.29, 1.82) is 0 Å². The largest absolute Gasteiger partial charge is 0.351 e. The van der Waals surface area contributed by atoms with Crippen LogP contribution in [0.25, 0.3) is 21.1 Å². The number of hydrogen-bond donors (Lipinski definition) is 1. The van der Waals surface area contributed by atoms with E-state index in [9.17, 15) is 9.59 Å². The number of carbonyl (C=O) groups excluding carboxylic acids is 1. The second kappa shape index (κ2) is 7.54. The molecule has 1 N–H and O–H groups in total. The summed E-state index contributed by atoms with van der Waals surface area (Å²) in [7, 11) is 0. The SMILES string of the molecule is C=CCn1c2cc(C)sc2c2cnn(CC(=O)NC3CCCCC3C)c(=O)c21. The molecule has 0 aromatic carbocycles. The molecular formula is C21H26N4O2S. The Bertz CT molecular complexity index is 1110. The molecule has 3 aromatic rings. The second-order valence-corrected chi connectivity index (χ2v) is 9.03. The smallest absolute Gasteiger partial charge is 0.291 e. The molecule has 2 unspecified atom stereocenters. The normalized spacial score (nSPS) is 19.9. The molecule has 1 amide bonds. The summed E-state index contributed by atoms with van der Waals surface area (Å²) in [6, 6.07) is 2.28. The second-order valence-electron chi connectivity index (χ2n) is 7.78. The Morgan fingerprint density at radius 2 is 2.21 bits per heavy atom. The van der Waals surface area contributed by atoms with Gasteiger partial charge in [0.2, 0.25) is 5.91 Å². The number of fused-ring (bicyclic) bond motifs is 3. The maximum absolute atomic E-state index is 13.1. The molecule has 1 aliphatic carbocycles. The van der Waals surface area contributed by atoms with E-state index in [-0.39, 0.29) is 24.1 Å². The number of rotatable bonds is 5. The summed E-state index contributed by atoms with van der Waals surface area (Å²) in [6.07, 6.45) is 8.01. The molecule has 1 fully saturated rings. The van der Waals surface area contributed by atoms with Crippen LogP contribution in [0.2, 0.25) is 0 Å². The average Bonchev–Trinajstić information content (AvgIpc) is 3.16. The average molecular weight is 399 g/mol. The van der Waals surface area contributed by atoms with Crippen LogP contribution in [0.4, 0.5) is 0 Å². The van der Waals surface area contributed by atoms with E-state index in [1.807, 2.05) is 4.57 Å². The third kappa shape index (κ3) is 3.28. The molecular weight excluding hydrogens is 372 g/mol. The standard InChI is InChI=1S/C21H26N4O2S/c1-4-9-24-17-10-14(3)28-20(17)15-11-22-25(21(27)19(15)24)12-18(26)23-16-8-6-5-7-13(16)2/h4,10-11,13,16H,1,5-9,12H2,2-3H3,(H,23,26). The van der Waals surface area contributed by atoms with E-state index in [1.165, 1.54) is 16.0 Å². The van der Waals surface area contributed by atoms with Crippen molar-refractivity contribution in [2.75, 3.05) is 0 Å². The third-order valence-corrected chi connectivity index (χ3v) is 6.80. The summed E-state index contributed by atoms with van der Waals surface area (Å²) in [6.45, 7) is 8.55. The lowest BCUT2D eigenvalue weighted by Gasteiger charge is -2.29. The Kier molecular flexibility index (Phi) is 5.10. The van der Waals surface area contributed by atoms with Crippen LogP contribution in [0.3, 0.4) is 0 Å². The van der Waals surface area contributed by atoms with Crippen molar-refractivity contribution >= 4 is 38.4 Å². The van der Waals surface area contributed by atoms with Crippen LogP contribution in [0.5, 0.6) is 0 Å². The van der Waals surface area contributed by atoms with E-state index < -0.39 is 0 Å². The van der Waals surface area contributed by atoms with Gasteiger partial charge >= 0.3 is 0 Å². The maximum atomic E-state index is 13.1. The fraction of sp³-hybridized carbons (Fsp3) is 0.476. The fourth-order valence-electron chi connectivity index (χ4n) is 4.27. The first-order valence-electron chi connectivity index (χ1n) is 9.88. The zero-order valence-electron chi connectivity index (χ0n) is 16.4. The lowest BCUT2D eigenvalue weighted by atomic mass is 9.86. The fourth-order valence-corrected chi connectivity index (χ4v) is 5.30. The maximum Gasteiger partial charge on any atom is 0.291 e. The summed E-state index contributed by atoms with van der Waals surface area (Å²) in [5.74, 6) is 0.330. The van der Waals surface area contributed by atoms with E-state index >= 15 is 0 Å². The van der Waals surface area contributed by atoms with Gasteiger partial charge in [0.25, 0.3) is 5.56 Å². The van der Waals surface area contributed by atoms with Crippen LogP contribution < -0.4 is 10.9 Å². The highest BCUT2D eigenvalue weighted by atomic mass is 32.1. The summed E-state index contributed by atoms with van der Waals surface area (Å²) in [4.78, 5) is 26.9. The minimum atomic E-state index is -0.229. The zero-order chi connectivity index (χ0) is 19.8. The van der Waals surface area contributed by atoms with Crippen LogP contribution in [0.1, 0.15) is 37.5 Å². The van der Waals surface area contributed by atoms with Gasteiger partial charge in [-0.1, -0.05) is 25.8 Å². The van der Waals surface area contributed by atoms with Gasteiger partial charge in [0.1, 0.15) is 12.1 Å². The quantitative estimate of drug-likeness (QED) is 0.668. The van der Waals surface area contributed by atoms with Gasteiger partial charge in [0, 0.05) is 22.8 Å². The lowest BCUT2D eigenvalue weighted by molar-refractivity contribution is -0.123. The van der Waals surface area contributed by atoms with E-state index in [1.54, 1.807) is 23.6 Å². The first-order chi connectivity index (χ1) is 13.5. The van der Waals surface area contributed by atoms with Crippen LogP contribution >= 0.6 is 11.3 Å². The van der Waals surface area contributed by atoms with Gasteiger partial charge in [-0.25, -0.2) is 4.68 Å². The molecule has 7 heteroatoms. The minimum absolute atomic E-state index is 0.0516. The van der Waals surface area contributed by atoms with E-state index in [2.05, 4.69) is 36.9 Å². The van der Waals surface area contributed by atoms with Gasteiger partial charge < -0.3 is 9.88 Å². The number of thiophene rings is 1. The highest BCUT2D eigenvalue weighted by Crippen LogP contribution is 2.33. The number of aromatic nitrogens is 3. The lowest BCUT2D eigenvalue weighted by Crippen LogP contribution is -2.43. The van der Waals surface area contributed by atoms with Crippen molar-refractivity contribution in [2.24, 2.45) is 5.92 Å². The van der Waals surface area contributed by atoms with Crippen molar-refractivity contribution in [3.8, 4) is 0 Å². The van der Waals surface area contributed by atoms with Crippen molar-refractivity contribution in [2.45, 2.75) is 58.7 Å². The predicted octanol–water partition coefficient (Wildman–Crippen LogP) is 3.60. The van der Waals surface area contributed by atoms with Crippen molar-refractivity contribution in [3.63, 3.8) is 0 Å². The van der Waals surface area contributed by atoms with Crippen molar-refractivity contribution < 1.29 is 4.79 Å². The number of hydrogen-bond acceptors (Lipinski definition) is 4. The van der Waals surface area contributed by atoms with Gasteiger partial charge in [-0.3, -0.25) is 9.59 Å². The van der Waals surface area contributed by atoms with Gasteiger partial charge in [-0.15, -0.1) is 17.9 Å². The van der Waals surface area contributed by atoms with Gasteiger partial charge in [-0.05, 0) is 31.7 Å². The van der Waals surface area contributed by atoms with Crippen molar-refractivity contribution in [1.82, 2.24) is 19.7 Å². The van der Waals surface area contributed by atoms with E-state index in [0.29, 0.717) is 18.0 Å². The van der Waals surface area contributed by atoms with E-state index in [0.717, 1.165) is 34.9 Å². The Balaban J connectivity index is 1.67. The Labute approximate surface area is 167 Å². The topological polar surface area (TPSA) is 68.9 Å². The highest BCUT2D eigenvalue weighted by Gasteiger charge is 2.24. The molecule has 0 bridgehead atoms. The Morgan fingerprint density at radius 3 is 2.96 bits per heavy atom.